The van der Waals surface area contributed by atoms with Gasteiger partial charge in [-0.2, -0.15) is 0 Å². The van der Waals surface area contributed by atoms with Gasteiger partial charge >= 0.3 is 0 Å². The molecule has 0 spiro atoms. The topological polar surface area (TPSA) is 35.2 Å². The highest BCUT2D eigenvalue weighted by molar-refractivity contribution is 6.74. The van der Waals surface area contributed by atoms with Crippen LogP contribution in [0.4, 0.5) is 4.39 Å². The summed E-state index contributed by atoms with van der Waals surface area (Å²) in [5.74, 6) is -0.240. The molecule has 0 aromatic heterocycles. The van der Waals surface area contributed by atoms with Gasteiger partial charge in [0, 0.05) is 0 Å². The highest BCUT2D eigenvalue weighted by atomic mass is 28.4. The molecule has 0 aliphatic heterocycles. The Morgan fingerprint density at radius 2 is 1.72 bits per heavy atom. The summed E-state index contributed by atoms with van der Waals surface area (Å²) >= 11 is 0. The normalized spacial score (nSPS) is 14.6. The van der Waals surface area contributed by atoms with Crippen LogP contribution in [0.2, 0.25) is 18.1 Å². The van der Waals surface area contributed by atoms with Gasteiger partial charge in [-0.1, -0.05) is 32.9 Å². The Balaban J connectivity index is 2.61. The standard InChI is InChI=1S/C14H24FNOSi/c1-14(2,3)18(4,5)17-10-13(16)11-6-8-12(15)9-7-11/h6-9,13H,10,16H2,1-5H3/t13-/m1/s1. The van der Waals surface area contributed by atoms with Gasteiger partial charge in [0.05, 0.1) is 12.6 Å². The van der Waals surface area contributed by atoms with E-state index in [1.165, 1.54) is 12.1 Å². The molecule has 18 heavy (non-hydrogen) atoms. The summed E-state index contributed by atoms with van der Waals surface area (Å²) in [5, 5.41) is 0.176. The predicted molar refractivity (Wildman–Crippen MR) is 76.5 cm³/mol. The maximum Gasteiger partial charge on any atom is 0.192 e. The molecule has 2 N–H and O–H groups in total. The average molecular weight is 269 g/mol. The van der Waals surface area contributed by atoms with Gasteiger partial charge in [0.1, 0.15) is 5.82 Å². The first kappa shape index (κ1) is 15.3. The number of rotatable bonds is 4. The minimum Gasteiger partial charge on any atom is -0.415 e. The van der Waals surface area contributed by atoms with Crippen LogP contribution in [0.5, 0.6) is 0 Å². The number of benzene rings is 1. The first-order valence-corrected chi connectivity index (χ1v) is 9.19. The summed E-state index contributed by atoms with van der Waals surface area (Å²) in [7, 11) is -1.77. The minimum absolute atomic E-state index is 0.176. The van der Waals surface area contributed by atoms with Crippen LogP contribution in [0.15, 0.2) is 24.3 Å². The van der Waals surface area contributed by atoms with Crippen molar-refractivity contribution in [2.75, 3.05) is 6.61 Å². The maximum absolute atomic E-state index is 12.8. The van der Waals surface area contributed by atoms with Crippen molar-refractivity contribution in [3.63, 3.8) is 0 Å². The molecule has 0 unspecified atom stereocenters. The van der Waals surface area contributed by atoms with E-state index in [2.05, 4.69) is 33.9 Å². The Kier molecular flexibility index (Phi) is 4.70. The lowest BCUT2D eigenvalue weighted by molar-refractivity contribution is 0.264. The van der Waals surface area contributed by atoms with Gasteiger partial charge in [-0.05, 0) is 35.8 Å². The Morgan fingerprint density at radius 1 is 1.22 bits per heavy atom. The molecule has 1 atom stereocenters. The fourth-order valence-electron chi connectivity index (χ4n) is 1.32. The van der Waals surface area contributed by atoms with Gasteiger partial charge < -0.3 is 10.2 Å². The molecule has 0 saturated carbocycles. The molecule has 1 rings (SSSR count). The van der Waals surface area contributed by atoms with Gasteiger partial charge in [-0.15, -0.1) is 0 Å². The van der Waals surface area contributed by atoms with Gasteiger partial charge in [0.2, 0.25) is 0 Å². The van der Waals surface area contributed by atoms with E-state index < -0.39 is 8.32 Å². The molecule has 0 aliphatic rings. The molecular formula is C14H24FNOSi. The molecule has 0 radical (unpaired) electrons. The summed E-state index contributed by atoms with van der Waals surface area (Å²) in [6.07, 6.45) is 0. The summed E-state index contributed by atoms with van der Waals surface area (Å²) in [4.78, 5) is 0. The van der Waals surface area contributed by atoms with E-state index in [0.29, 0.717) is 6.61 Å². The van der Waals surface area contributed by atoms with E-state index in [1.807, 2.05) is 0 Å². The average Bonchev–Trinajstić information content (AvgIpc) is 2.25. The number of nitrogens with two attached hydrogens (primary N) is 1. The molecule has 2 nitrogen and oxygen atoms in total. The summed E-state index contributed by atoms with van der Waals surface area (Å²) < 4.78 is 18.9. The third-order valence-electron chi connectivity index (χ3n) is 3.73. The lowest BCUT2D eigenvalue weighted by Gasteiger charge is -2.37. The fraction of sp³-hybridized carbons (Fsp3) is 0.571. The monoisotopic (exact) mass is 269 g/mol. The van der Waals surface area contributed by atoms with Crippen LogP contribution in [0.1, 0.15) is 32.4 Å². The van der Waals surface area contributed by atoms with Crippen molar-refractivity contribution in [1.29, 1.82) is 0 Å². The second-order valence-corrected chi connectivity index (χ2v) is 11.0. The zero-order valence-electron chi connectivity index (χ0n) is 12.0. The van der Waals surface area contributed by atoms with E-state index in [-0.39, 0.29) is 16.9 Å². The molecule has 0 heterocycles. The lowest BCUT2D eigenvalue weighted by atomic mass is 10.1. The zero-order valence-corrected chi connectivity index (χ0v) is 13.0. The van der Waals surface area contributed by atoms with Gasteiger partial charge in [0.15, 0.2) is 8.32 Å². The van der Waals surface area contributed by atoms with E-state index in [0.717, 1.165) is 5.56 Å². The van der Waals surface area contributed by atoms with E-state index in [4.69, 9.17) is 10.2 Å². The van der Waals surface area contributed by atoms with E-state index in [9.17, 15) is 4.39 Å². The molecule has 1 aromatic rings. The molecule has 0 aliphatic carbocycles. The molecule has 0 bridgehead atoms. The van der Waals surface area contributed by atoms with Gasteiger partial charge in [0.25, 0.3) is 0 Å². The minimum atomic E-state index is -1.77. The second kappa shape index (κ2) is 5.51. The van der Waals surface area contributed by atoms with Gasteiger partial charge in [-0.3, -0.25) is 0 Å². The maximum atomic E-state index is 12.8. The molecule has 0 amide bonds. The number of halogens is 1. The Hall–Kier alpha value is -0.713. The van der Waals surface area contributed by atoms with Crippen molar-refractivity contribution in [2.24, 2.45) is 5.73 Å². The van der Waals surface area contributed by atoms with Crippen LogP contribution in [0, 0.1) is 5.82 Å². The van der Waals surface area contributed by atoms with Crippen LogP contribution < -0.4 is 5.73 Å². The predicted octanol–water partition coefficient (Wildman–Crippen LogP) is 3.85. The lowest BCUT2D eigenvalue weighted by Crippen LogP contribution is -2.42. The third-order valence-corrected chi connectivity index (χ3v) is 8.23. The van der Waals surface area contributed by atoms with Crippen molar-refractivity contribution in [2.45, 2.75) is 44.9 Å². The fourth-order valence-corrected chi connectivity index (χ4v) is 2.35. The molecule has 0 fully saturated rings. The van der Waals surface area contributed by atoms with E-state index >= 15 is 0 Å². The Labute approximate surface area is 110 Å². The smallest absolute Gasteiger partial charge is 0.192 e. The molecule has 0 saturated heterocycles. The van der Waals surface area contributed by atoms with Crippen LogP contribution in [-0.4, -0.2) is 14.9 Å². The van der Waals surface area contributed by atoms with Crippen molar-refractivity contribution >= 4 is 8.32 Å². The Bertz CT molecular complexity index is 384. The summed E-state index contributed by atoms with van der Waals surface area (Å²) in [6, 6.07) is 6.10. The Morgan fingerprint density at radius 3 is 2.17 bits per heavy atom. The number of hydrogen-bond donors (Lipinski definition) is 1. The van der Waals surface area contributed by atoms with Crippen LogP contribution in [0.25, 0.3) is 0 Å². The summed E-state index contributed by atoms with van der Waals surface area (Å²) in [5.41, 5.74) is 6.98. The highest BCUT2D eigenvalue weighted by Gasteiger charge is 2.37. The second-order valence-electron chi connectivity index (χ2n) is 6.23. The SMILES string of the molecule is CC(C)(C)[Si](C)(C)OC[C@@H](N)c1ccc(F)cc1. The first-order chi connectivity index (χ1) is 8.13. The first-order valence-electron chi connectivity index (χ1n) is 6.28. The quantitative estimate of drug-likeness (QED) is 0.843. The van der Waals surface area contributed by atoms with Crippen molar-refractivity contribution in [3.05, 3.63) is 35.6 Å². The molecular weight excluding hydrogens is 245 g/mol. The molecule has 102 valence electrons. The van der Waals surface area contributed by atoms with Gasteiger partial charge in [-0.25, -0.2) is 4.39 Å². The highest BCUT2D eigenvalue weighted by Crippen LogP contribution is 2.36. The van der Waals surface area contributed by atoms with Crippen molar-refractivity contribution in [3.8, 4) is 0 Å². The van der Waals surface area contributed by atoms with Crippen LogP contribution in [-0.2, 0) is 4.43 Å². The zero-order chi connectivity index (χ0) is 14.0. The van der Waals surface area contributed by atoms with E-state index in [1.54, 1.807) is 12.1 Å². The molecule has 1 aromatic carbocycles. The summed E-state index contributed by atoms with van der Waals surface area (Å²) in [6.45, 7) is 11.5. The van der Waals surface area contributed by atoms with Crippen LogP contribution >= 0.6 is 0 Å². The van der Waals surface area contributed by atoms with Crippen molar-refractivity contribution in [1.82, 2.24) is 0 Å². The molecule has 4 heteroatoms. The largest absolute Gasteiger partial charge is 0.415 e. The third kappa shape index (κ3) is 3.90. The number of hydrogen-bond acceptors (Lipinski definition) is 2. The van der Waals surface area contributed by atoms with Crippen LogP contribution in [0.3, 0.4) is 0 Å². The van der Waals surface area contributed by atoms with Crippen molar-refractivity contribution < 1.29 is 8.82 Å².